The first-order valence-electron chi connectivity index (χ1n) is 6.01. The van der Waals surface area contributed by atoms with Crippen LogP contribution < -0.4 is 4.74 Å². The summed E-state index contributed by atoms with van der Waals surface area (Å²) in [6.07, 6.45) is 0.256. The van der Waals surface area contributed by atoms with E-state index in [-0.39, 0.29) is 0 Å². The van der Waals surface area contributed by atoms with E-state index in [4.69, 9.17) is 27.9 Å². The number of ether oxygens (including phenoxy) is 1. The molecule has 0 spiro atoms. The smallest absolute Gasteiger partial charge is 0.129 e. The predicted octanol–water partition coefficient (Wildman–Crippen LogP) is 5.23. The van der Waals surface area contributed by atoms with Crippen molar-refractivity contribution in [1.29, 1.82) is 0 Å². The highest BCUT2D eigenvalue weighted by Crippen LogP contribution is 2.30. The Hall–Kier alpha value is -1.22. The molecule has 4 heteroatoms. The van der Waals surface area contributed by atoms with Crippen molar-refractivity contribution >= 4 is 23.2 Å². The lowest BCUT2D eigenvalue weighted by molar-refractivity contribution is 0.173. The normalized spacial score (nSPS) is 12.2. The van der Waals surface area contributed by atoms with Crippen molar-refractivity contribution in [2.45, 2.75) is 19.4 Å². The minimum absolute atomic E-state index is 0.431. The molecule has 0 saturated carbocycles. The van der Waals surface area contributed by atoms with Gasteiger partial charge in [0.05, 0.1) is 16.1 Å². The minimum atomic E-state index is -0.431. The monoisotopic (exact) mass is 296 g/mol. The zero-order valence-corrected chi connectivity index (χ0v) is 11.9. The fourth-order valence-electron chi connectivity index (χ4n) is 1.67. The first-order valence-corrected chi connectivity index (χ1v) is 6.76. The summed E-state index contributed by atoms with van der Waals surface area (Å²) in [6, 6.07) is 12.4. The number of benzene rings is 2. The largest absolute Gasteiger partial charge is 0.457 e. The van der Waals surface area contributed by atoms with Crippen LogP contribution in [0.15, 0.2) is 42.5 Å². The molecule has 1 N–H and O–H groups in total. The number of hydrogen-bond acceptors (Lipinski definition) is 2. The Morgan fingerprint density at radius 2 is 1.63 bits per heavy atom. The van der Waals surface area contributed by atoms with Crippen LogP contribution in [0.25, 0.3) is 0 Å². The summed E-state index contributed by atoms with van der Waals surface area (Å²) in [7, 11) is 0. The lowest BCUT2D eigenvalue weighted by Gasteiger charge is -2.10. The molecule has 0 heterocycles. The summed E-state index contributed by atoms with van der Waals surface area (Å²) in [6.45, 7) is 1.94. The summed E-state index contributed by atoms with van der Waals surface area (Å²) in [4.78, 5) is 0. The molecule has 0 radical (unpaired) electrons. The van der Waals surface area contributed by atoms with Crippen LogP contribution >= 0.6 is 23.2 Å². The highest BCUT2D eigenvalue weighted by atomic mass is 35.5. The van der Waals surface area contributed by atoms with Crippen molar-refractivity contribution in [2.75, 3.05) is 0 Å². The molecule has 0 amide bonds. The Kier molecular flexibility index (Phi) is 4.70. The molecule has 0 fully saturated rings. The molecular formula is C15H14Cl2O2. The first-order chi connectivity index (χ1) is 9.10. The Bertz CT molecular complexity index is 553. The van der Waals surface area contributed by atoms with Crippen LogP contribution in [0.4, 0.5) is 0 Å². The van der Waals surface area contributed by atoms with Gasteiger partial charge in [0.1, 0.15) is 11.5 Å². The van der Waals surface area contributed by atoms with Crippen molar-refractivity contribution < 1.29 is 9.84 Å². The molecule has 1 unspecified atom stereocenters. The van der Waals surface area contributed by atoms with E-state index in [0.717, 1.165) is 5.56 Å². The molecule has 0 aromatic heterocycles. The van der Waals surface area contributed by atoms with Crippen molar-refractivity contribution in [3.63, 3.8) is 0 Å². The molecule has 1 atom stereocenters. The number of aliphatic hydroxyl groups excluding tert-OH is 1. The fraction of sp³-hybridized carbons (Fsp3) is 0.200. The molecule has 0 aliphatic carbocycles. The SMILES string of the molecule is CCC(O)c1ccc(Oc2ccc(Cl)c(Cl)c2)cc1. The topological polar surface area (TPSA) is 29.5 Å². The van der Waals surface area contributed by atoms with Crippen molar-refractivity contribution in [3.05, 3.63) is 58.1 Å². The fourth-order valence-corrected chi connectivity index (χ4v) is 1.96. The van der Waals surface area contributed by atoms with Gasteiger partial charge in [0.15, 0.2) is 0 Å². The molecule has 0 bridgehead atoms. The average Bonchev–Trinajstić information content (AvgIpc) is 2.43. The van der Waals surface area contributed by atoms with E-state index in [0.29, 0.717) is 28.0 Å². The Labute approximate surface area is 122 Å². The Morgan fingerprint density at radius 1 is 1.00 bits per heavy atom. The second-order valence-electron chi connectivity index (χ2n) is 4.17. The summed E-state index contributed by atoms with van der Waals surface area (Å²) >= 11 is 11.8. The van der Waals surface area contributed by atoms with Gasteiger partial charge in [-0.25, -0.2) is 0 Å². The van der Waals surface area contributed by atoms with E-state index in [2.05, 4.69) is 0 Å². The number of halogens is 2. The van der Waals surface area contributed by atoms with Gasteiger partial charge in [-0.3, -0.25) is 0 Å². The molecule has 2 rings (SSSR count). The quantitative estimate of drug-likeness (QED) is 0.837. The van der Waals surface area contributed by atoms with Crippen LogP contribution in [-0.2, 0) is 0 Å². The summed E-state index contributed by atoms with van der Waals surface area (Å²) in [5.74, 6) is 1.31. The standard InChI is InChI=1S/C15H14Cl2O2/c1-2-15(18)10-3-5-11(6-4-10)19-12-7-8-13(16)14(17)9-12/h3-9,15,18H,2H2,1H3. The van der Waals surface area contributed by atoms with Crippen molar-refractivity contribution in [1.82, 2.24) is 0 Å². The van der Waals surface area contributed by atoms with Crippen molar-refractivity contribution in [2.24, 2.45) is 0 Å². The van der Waals surface area contributed by atoms with Gasteiger partial charge >= 0.3 is 0 Å². The van der Waals surface area contributed by atoms with Crippen LogP contribution in [0, 0.1) is 0 Å². The number of aliphatic hydroxyl groups is 1. The van der Waals surface area contributed by atoms with Crippen LogP contribution in [0.2, 0.25) is 10.0 Å². The van der Waals surface area contributed by atoms with Gasteiger partial charge in [-0.2, -0.15) is 0 Å². The Morgan fingerprint density at radius 3 is 2.21 bits per heavy atom. The molecule has 2 nitrogen and oxygen atoms in total. The minimum Gasteiger partial charge on any atom is -0.457 e. The number of rotatable bonds is 4. The van der Waals surface area contributed by atoms with Gasteiger partial charge < -0.3 is 9.84 Å². The maximum atomic E-state index is 9.70. The molecule has 0 aliphatic rings. The van der Waals surface area contributed by atoms with Gasteiger partial charge in [-0.15, -0.1) is 0 Å². The second kappa shape index (κ2) is 6.29. The predicted molar refractivity (Wildman–Crippen MR) is 78.2 cm³/mol. The third-order valence-electron chi connectivity index (χ3n) is 2.78. The zero-order valence-electron chi connectivity index (χ0n) is 10.4. The van der Waals surface area contributed by atoms with Crippen LogP contribution in [-0.4, -0.2) is 5.11 Å². The highest BCUT2D eigenvalue weighted by Gasteiger charge is 2.05. The lowest BCUT2D eigenvalue weighted by Crippen LogP contribution is -1.94. The molecule has 19 heavy (non-hydrogen) atoms. The third kappa shape index (κ3) is 3.63. The van der Waals surface area contributed by atoms with E-state index < -0.39 is 6.10 Å². The summed E-state index contributed by atoms with van der Waals surface area (Å²) in [5.41, 5.74) is 0.879. The highest BCUT2D eigenvalue weighted by molar-refractivity contribution is 6.42. The van der Waals surface area contributed by atoms with Crippen molar-refractivity contribution in [3.8, 4) is 11.5 Å². The number of hydrogen-bond donors (Lipinski definition) is 1. The third-order valence-corrected chi connectivity index (χ3v) is 3.52. The molecule has 2 aromatic carbocycles. The maximum Gasteiger partial charge on any atom is 0.129 e. The maximum absolute atomic E-state index is 9.70. The molecule has 0 saturated heterocycles. The van der Waals surface area contributed by atoms with Crippen LogP contribution in [0.1, 0.15) is 25.0 Å². The Balaban J connectivity index is 2.12. The van der Waals surface area contributed by atoms with E-state index in [1.54, 1.807) is 18.2 Å². The van der Waals surface area contributed by atoms with E-state index in [9.17, 15) is 5.11 Å². The summed E-state index contributed by atoms with van der Waals surface area (Å²) in [5, 5.41) is 10.7. The van der Waals surface area contributed by atoms with E-state index in [1.807, 2.05) is 31.2 Å². The van der Waals surface area contributed by atoms with Gasteiger partial charge in [0, 0.05) is 6.07 Å². The zero-order chi connectivity index (χ0) is 13.8. The molecule has 2 aromatic rings. The van der Waals surface area contributed by atoms with E-state index >= 15 is 0 Å². The van der Waals surface area contributed by atoms with Crippen LogP contribution in [0.5, 0.6) is 11.5 Å². The van der Waals surface area contributed by atoms with Gasteiger partial charge in [0.2, 0.25) is 0 Å². The second-order valence-corrected chi connectivity index (χ2v) is 4.99. The average molecular weight is 297 g/mol. The van der Waals surface area contributed by atoms with E-state index in [1.165, 1.54) is 0 Å². The molecular weight excluding hydrogens is 283 g/mol. The lowest BCUT2D eigenvalue weighted by atomic mass is 10.1. The van der Waals surface area contributed by atoms with Gasteiger partial charge in [-0.1, -0.05) is 42.3 Å². The molecule has 100 valence electrons. The molecule has 0 aliphatic heterocycles. The summed E-state index contributed by atoms with van der Waals surface area (Å²) < 4.78 is 5.66. The van der Waals surface area contributed by atoms with Crippen LogP contribution in [0.3, 0.4) is 0 Å². The van der Waals surface area contributed by atoms with Gasteiger partial charge in [-0.05, 0) is 36.2 Å². The van der Waals surface area contributed by atoms with Gasteiger partial charge in [0.25, 0.3) is 0 Å². The first kappa shape index (κ1) is 14.2.